The number of carbonyl (C=O) groups is 3. The molecule has 7 nitrogen and oxygen atoms in total. The summed E-state index contributed by atoms with van der Waals surface area (Å²) in [5.74, 6) is -0.287. The fraction of sp³-hybridized carbons (Fsp3) is 0.609. The van der Waals surface area contributed by atoms with E-state index in [0.717, 1.165) is 44.1 Å². The second-order valence-corrected chi connectivity index (χ2v) is 8.76. The average molecular weight is 415 g/mol. The highest BCUT2D eigenvalue weighted by Gasteiger charge is 2.33. The normalized spacial score (nSPS) is 24.1. The molecule has 1 aromatic rings. The van der Waals surface area contributed by atoms with Crippen LogP contribution in [0.4, 0.5) is 4.79 Å². The van der Waals surface area contributed by atoms with Gasteiger partial charge in [-0.25, -0.2) is 4.79 Å². The third-order valence-corrected chi connectivity index (χ3v) is 6.25. The minimum atomic E-state index is -0.197. The molecule has 1 aliphatic carbocycles. The minimum absolute atomic E-state index is 0.00621. The van der Waals surface area contributed by atoms with Crippen molar-refractivity contribution in [3.63, 3.8) is 0 Å². The SMILES string of the molecule is Cc1ccccc1C(=O)N[C@@H]1CCCC[C@H]1NC(=O)C1CCCN(C(=O)N(C)C)C1. The largest absolute Gasteiger partial charge is 0.351 e. The van der Waals surface area contributed by atoms with E-state index in [1.165, 1.54) is 0 Å². The molecule has 3 rings (SSSR count). The van der Waals surface area contributed by atoms with Crippen LogP contribution in [0, 0.1) is 12.8 Å². The van der Waals surface area contributed by atoms with Gasteiger partial charge in [-0.05, 0) is 44.2 Å². The number of nitrogens with zero attached hydrogens (tertiary/aromatic N) is 2. The number of benzene rings is 1. The van der Waals surface area contributed by atoms with E-state index in [1.807, 2.05) is 31.2 Å². The summed E-state index contributed by atoms with van der Waals surface area (Å²) in [6.45, 7) is 3.08. The van der Waals surface area contributed by atoms with E-state index in [-0.39, 0.29) is 35.8 Å². The van der Waals surface area contributed by atoms with Gasteiger partial charge in [0.05, 0.1) is 5.92 Å². The Balaban J connectivity index is 1.61. The van der Waals surface area contributed by atoms with Gasteiger partial charge in [0.25, 0.3) is 5.91 Å². The molecule has 0 radical (unpaired) electrons. The average Bonchev–Trinajstić information content (AvgIpc) is 2.74. The third kappa shape index (κ3) is 5.32. The highest BCUT2D eigenvalue weighted by Crippen LogP contribution is 2.22. The van der Waals surface area contributed by atoms with Gasteiger partial charge in [-0.2, -0.15) is 0 Å². The third-order valence-electron chi connectivity index (χ3n) is 6.25. The zero-order chi connectivity index (χ0) is 21.7. The first-order chi connectivity index (χ1) is 14.4. The molecule has 0 spiro atoms. The van der Waals surface area contributed by atoms with Crippen molar-refractivity contribution < 1.29 is 14.4 Å². The lowest BCUT2D eigenvalue weighted by atomic mass is 9.88. The van der Waals surface area contributed by atoms with Gasteiger partial charge in [0.15, 0.2) is 0 Å². The second-order valence-electron chi connectivity index (χ2n) is 8.76. The maximum Gasteiger partial charge on any atom is 0.319 e. The fourth-order valence-corrected chi connectivity index (χ4v) is 4.50. The molecule has 30 heavy (non-hydrogen) atoms. The molecule has 0 bridgehead atoms. The predicted molar refractivity (Wildman–Crippen MR) is 116 cm³/mol. The minimum Gasteiger partial charge on any atom is -0.351 e. The Bertz CT molecular complexity index is 779. The van der Waals surface area contributed by atoms with Gasteiger partial charge < -0.3 is 20.4 Å². The monoisotopic (exact) mass is 414 g/mol. The van der Waals surface area contributed by atoms with Gasteiger partial charge in [0, 0.05) is 44.8 Å². The molecule has 164 valence electrons. The van der Waals surface area contributed by atoms with Crippen LogP contribution in [0.5, 0.6) is 0 Å². The number of rotatable bonds is 4. The first-order valence-electron chi connectivity index (χ1n) is 11.0. The molecule has 7 heteroatoms. The molecule has 1 aliphatic heterocycles. The van der Waals surface area contributed by atoms with Crippen molar-refractivity contribution in [2.75, 3.05) is 27.2 Å². The van der Waals surface area contributed by atoms with E-state index >= 15 is 0 Å². The molecule has 1 heterocycles. The Hall–Kier alpha value is -2.57. The summed E-state index contributed by atoms with van der Waals surface area (Å²) >= 11 is 0. The van der Waals surface area contributed by atoms with Gasteiger partial charge >= 0.3 is 6.03 Å². The summed E-state index contributed by atoms with van der Waals surface area (Å²) in [5.41, 5.74) is 1.62. The maximum atomic E-state index is 13.0. The maximum absolute atomic E-state index is 13.0. The molecular weight excluding hydrogens is 380 g/mol. The van der Waals surface area contributed by atoms with Crippen molar-refractivity contribution in [1.82, 2.24) is 20.4 Å². The van der Waals surface area contributed by atoms with Crippen LogP contribution in [-0.2, 0) is 4.79 Å². The van der Waals surface area contributed by atoms with E-state index in [9.17, 15) is 14.4 Å². The van der Waals surface area contributed by atoms with Crippen LogP contribution in [0.3, 0.4) is 0 Å². The summed E-state index contributed by atoms with van der Waals surface area (Å²) in [6.07, 6.45) is 5.42. The van der Waals surface area contributed by atoms with Crippen LogP contribution >= 0.6 is 0 Å². The van der Waals surface area contributed by atoms with E-state index in [0.29, 0.717) is 18.7 Å². The molecule has 2 N–H and O–H groups in total. The summed E-state index contributed by atoms with van der Waals surface area (Å²) in [6, 6.07) is 7.36. The van der Waals surface area contributed by atoms with Crippen molar-refractivity contribution >= 4 is 17.8 Å². The summed E-state index contributed by atoms with van der Waals surface area (Å²) in [5, 5.41) is 6.35. The molecule has 1 saturated heterocycles. The lowest BCUT2D eigenvalue weighted by Crippen LogP contribution is -2.56. The Kier molecular flexibility index (Phi) is 7.34. The summed E-state index contributed by atoms with van der Waals surface area (Å²) < 4.78 is 0. The molecule has 2 aliphatic rings. The predicted octanol–water partition coefficient (Wildman–Crippen LogP) is 2.55. The van der Waals surface area contributed by atoms with Crippen molar-refractivity contribution in [3.05, 3.63) is 35.4 Å². The number of amides is 4. The molecule has 1 aromatic carbocycles. The van der Waals surface area contributed by atoms with Crippen molar-refractivity contribution in [3.8, 4) is 0 Å². The number of aryl methyl sites for hydroxylation is 1. The van der Waals surface area contributed by atoms with Gasteiger partial charge in [0.1, 0.15) is 0 Å². The number of likely N-dealkylation sites (tertiary alicyclic amines) is 1. The first kappa shape index (κ1) is 22.1. The van der Waals surface area contributed by atoms with Crippen LogP contribution in [-0.4, -0.2) is 66.9 Å². The highest BCUT2D eigenvalue weighted by molar-refractivity contribution is 5.95. The Morgan fingerprint density at radius 3 is 2.30 bits per heavy atom. The Labute approximate surface area is 179 Å². The molecule has 4 amide bonds. The number of carbonyl (C=O) groups excluding carboxylic acids is 3. The Morgan fingerprint density at radius 1 is 0.967 bits per heavy atom. The van der Waals surface area contributed by atoms with Gasteiger partial charge in [-0.1, -0.05) is 31.0 Å². The topological polar surface area (TPSA) is 81.8 Å². The standard InChI is InChI=1S/C23H34N4O3/c1-16-9-4-5-11-18(16)22(29)25-20-13-7-6-12-19(20)24-21(28)17-10-8-14-27(15-17)23(30)26(2)3/h4-5,9,11,17,19-20H,6-8,10,12-15H2,1-3H3,(H,24,28)(H,25,29)/t17?,19-,20-/m1/s1. The molecule has 3 atom stereocenters. The number of piperidine rings is 1. The smallest absolute Gasteiger partial charge is 0.319 e. The van der Waals surface area contributed by atoms with Crippen LogP contribution in [0.15, 0.2) is 24.3 Å². The van der Waals surface area contributed by atoms with Crippen LogP contribution in [0.1, 0.15) is 54.4 Å². The van der Waals surface area contributed by atoms with Gasteiger partial charge in [-0.15, -0.1) is 0 Å². The lowest BCUT2D eigenvalue weighted by molar-refractivity contribution is -0.127. The fourth-order valence-electron chi connectivity index (χ4n) is 4.50. The zero-order valence-corrected chi connectivity index (χ0v) is 18.3. The molecule has 1 saturated carbocycles. The summed E-state index contributed by atoms with van der Waals surface area (Å²) in [4.78, 5) is 41.3. The quantitative estimate of drug-likeness (QED) is 0.794. The molecular formula is C23H34N4O3. The van der Waals surface area contributed by atoms with Crippen LogP contribution in [0.25, 0.3) is 0 Å². The van der Waals surface area contributed by atoms with Crippen molar-refractivity contribution in [2.24, 2.45) is 5.92 Å². The highest BCUT2D eigenvalue weighted by atomic mass is 16.2. The lowest BCUT2D eigenvalue weighted by Gasteiger charge is -2.37. The number of hydrogen-bond donors (Lipinski definition) is 2. The van der Waals surface area contributed by atoms with E-state index in [1.54, 1.807) is 23.9 Å². The van der Waals surface area contributed by atoms with Crippen LogP contribution in [0.2, 0.25) is 0 Å². The Morgan fingerprint density at radius 2 is 1.63 bits per heavy atom. The second kappa shape index (κ2) is 9.96. The van der Waals surface area contributed by atoms with Crippen molar-refractivity contribution in [1.29, 1.82) is 0 Å². The van der Waals surface area contributed by atoms with Crippen molar-refractivity contribution in [2.45, 2.75) is 57.5 Å². The first-order valence-corrected chi connectivity index (χ1v) is 11.0. The molecule has 0 aromatic heterocycles. The zero-order valence-electron chi connectivity index (χ0n) is 18.3. The molecule has 2 fully saturated rings. The van der Waals surface area contributed by atoms with E-state index < -0.39 is 0 Å². The number of nitrogens with one attached hydrogen (secondary N) is 2. The van der Waals surface area contributed by atoms with Crippen LogP contribution < -0.4 is 10.6 Å². The van der Waals surface area contributed by atoms with Gasteiger partial charge in [-0.3, -0.25) is 9.59 Å². The van der Waals surface area contributed by atoms with E-state index in [2.05, 4.69) is 10.6 Å². The molecule has 1 unspecified atom stereocenters. The number of urea groups is 1. The van der Waals surface area contributed by atoms with Gasteiger partial charge in [0.2, 0.25) is 5.91 Å². The summed E-state index contributed by atoms with van der Waals surface area (Å²) in [7, 11) is 3.46. The number of hydrogen-bond acceptors (Lipinski definition) is 3. The van der Waals surface area contributed by atoms with E-state index in [4.69, 9.17) is 0 Å².